The molecule has 2 N–H and O–H groups in total. The second-order valence-electron chi connectivity index (χ2n) is 7.34. The van der Waals surface area contributed by atoms with Gasteiger partial charge >= 0.3 is 0 Å². The standard InChI is InChI=1S/C19H27N3O/c1-14(2)16-7-5-15(6-8-16)11-22(4)12-18(23)21-19(3,13-20)17-9-10-17/h5-8,14,17H,9-12H2,1-4H3,(H,21,23)/p+1/t19-/m1/s1. The van der Waals surface area contributed by atoms with Crippen molar-refractivity contribution in [1.82, 2.24) is 5.32 Å². The zero-order chi connectivity index (χ0) is 17.0. The van der Waals surface area contributed by atoms with Gasteiger partial charge in [0, 0.05) is 5.56 Å². The van der Waals surface area contributed by atoms with Gasteiger partial charge in [-0.3, -0.25) is 4.79 Å². The maximum absolute atomic E-state index is 12.2. The fourth-order valence-corrected chi connectivity index (χ4v) is 2.92. The molecule has 0 aliphatic heterocycles. The van der Waals surface area contributed by atoms with Crippen molar-refractivity contribution in [3.8, 4) is 6.07 Å². The van der Waals surface area contributed by atoms with Gasteiger partial charge in [0.05, 0.1) is 13.1 Å². The van der Waals surface area contributed by atoms with Crippen molar-refractivity contribution in [2.75, 3.05) is 13.6 Å². The molecule has 0 heterocycles. The quantitative estimate of drug-likeness (QED) is 0.804. The molecule has 0 spiro atoms. The van der Waals surface area contributed by atoms with Crippen LogP contribution in [0, 0.1) is 17.2 Å². The molecule has 1 unspecified atom stereocenters. The number of benzene rings is 1. The minimum atomic E-state index is -0.698. The van der Waals surface area contributed by atoms with Crippen LogP contribution in [0.4, 0.5) is 0 Å². The number of amides is 1. The van der Waals surface area contributed by atoms with Crippen LogP contribution in [0.25, 0.3) is 0 Å². The number of carbonyl (C=O) groups excluding carboxylic acids is 1. The van der Waals surface area contributed by atoms with Crippen molar-refractivity contribution in [2.45, 2.75) is 51.6 Å². The lowest BCUT2D eigenvalue weighted by atomic mass is 9.98. The van der Waals surface area contributed by atoms with E-state index in [1.54, 1.807) is 0 Å². The maximum atomic E-state index is 12.2. The number of nitrogens with zero attached hydrogens (tertiary/aromatic N) is 1. The third-order valence-electron chi connectivity index (χ3n) is 4.64. The van der Waals surface area contributed by atoms with E-state index in [-0.39, 0.29) is 5.91 Å². The fourth-order valence-electron chi connectivity index (χ4n) is 2.92. The van der Waals surface area contributed by atoms with E-state index in [0.717, 1.165) is 24.3 Å². The number of quaternary nitrogens is 1. The minimum absolute atomic E-state index is 0.0442. The predicted molar refractivity (Wildman–Crippen MR) is 90.9 cm³/mol. The van der Waals surface area contributed by atoms with Crippen molar-refractivity contribution in [3.05, 3.63) is 35.4 Å². The van der Waals surface area contributed by atoms with E-state index in [4.69, 9.17) is 0 Å². The first-order valence-electron chi connectivity index (χ1n) is 8.46. The van der Waals surface area contributed by atoms with Crippen molar-refractivity contribution in [1.29, 1.82) is 5.26 Å². The summed E-state index contributed by atoms with van der Waals surface area (Å²) in [5.74, 6) is 0.809. The Balaban J connectivity index is 1.85. The molecule has 2 atom stereocenters. The summed E-state index contributed by atoms with van der Waals surface area (Å²) in [6.07, 6.45) is 2.07. The molecule has 1 fully saturated rings. The van der Waals surface area contributed by atoms with E-state index in [0.29, 0.717) is 18.4 Å². The Morgan fingerprint density at radius 3 is 2.48 bits per heavy atom. The summed E-state index contributed by atoms with van der Waals surface area (Å²) in [7, 11) is 2.01. The number of nitriles is 1. The summed E-state index contributed by atoms with van der Waals surface area (Å²) in [4.78, 5) is 13.3. The van der Waals surface area contributed by atoms with Gasteiger partial charge in [0.2, 0.25) is 0 Å². The van der Waals surface area contributed by atoms with Gasteiger partial charge in [-0.1, -0.05) is 38.1 Å². The normalized spacial score (nSPS) is 18.1. The van der Waals surface area contributed by atoms with Crippen LogP contribution in [-0.4, -0.2) is 25.0 Å². The van der Waals surface area contributed by atoms with Gasteiger partial charge < -0.3 is 10.2 Å². The SMILES string of the molecule is CC(C)c1ccc(C[NH+](C)CC(=O)N[C@](C)(C#N)C2CC2)cc1. The Morgan fingerprint density at radius 2 is 2.00 bits per heavy atom. The van der Waals surface area contributed by atoms with Gasteiger partial charge in [0.15, 0.2) is 6.54 Å². The summed E-state index contributed by atoms with van der Waals surface area (Å²) < 4.78 is 0. The molecule has 4 nitrogen and oxygen atoms in total. The highest BCUT2D eigenvalue weighted by atomic mass is 16.2. The average molecular weight is 314 g/mol. The average Bonchev–Trinajstić information content (AvgIpc) is 3.32. The molecular formula is C19H28N3O+. The first-order valence-corrected chi connectivity index (χ1v) is 8.46. The molecule has 0 aromatic heterocycles. The van der Waals surface area contributed by atoms with Crippen LogP contribution in [0.1, 0.15) is 50.7 Å². The molecule has 1 amide bonds. The van der Waals surface area contributed by atoms with Crippen LogP contribution in [0.15, 0.2) is 24.3 Å². The van der Waals surface area contributed by atoms with E-state index >= 15 is 0 Å². The zero-order valence-electron chi connectivity index (χ0n) is 14.6. The van der Waals surface area contributed by atoms with Gasteiger partial charge in [-0.25, -0.2) is 0 Å². The highest BCUT2D eigenvalue weighted by Crippen LogP contribution is 2.39. The number of rotatable bonds is 7. The van der Waals surface area contributed by atoms with E-state index in [1.165, 1.54) is 11.1 Å². The van der Waals surface area contributed by atoms with Crippen LogP contribution < -0.4 is 10.2 Å². The van der Waals surface area contributed by atoms with Crippen LogP contribution in [0.2, 0.25) is 0 Å². The Hall–Kier alpha value is -1.86. The largest absolute Gasteiger partial charge is 0.333 e. The lowest BCUT2D eigenvalue weighted by molar-refractivity contribution is -0.885. The predicted octanol–water partition coefficient (Wildman–Crippen LogP) is 1.63. The van der Waals surface area contributed by atoms with E-state index in [9.17, 15) is 10.1 Å². The van der Waals surface area contributed by atoms with Gasteiger partial charge in [0.1, 0.15) is 12.1 Å². The van der Waals surface area contributed by atoms with Gasteiger partial charge in [0.25, 0.3) is 5.91 Å². The zero-order valence-corrected chi connectivity index (χ0v) is 14.6. The Kier molecular flexibility index (Phi) is 5.43. The molecule has 23 heavy (non-hydrogen) atoms. The molecule has 0 saturated heterocycles. The molecule has 2 rings (SSSR count). The molecule has 1 aromatic carbocycles. The van der Waals surface area contributed by atoms with Crippen LogP contribution in [0.5, 0.6) is 0 Å². The Labute approximate surface area is 139 Å². The summed E-state index contributed by atoms with van der Waals surface area (Å²) in [5, 5.41) is 12.2. The minimum Gasteiger partial charge on any atom is -0.333 e. The highest BCUT2D eigenvalue weighted by molar-refractivity contribution is 5.78. The van der Waals surface area contributed by atoms with Crippen molar-refractivity contribution < 1.29 is 9.69 Å². The lowest BCUT2D eigenvalue weighted by Crippen LogP contribution is -3.09. The number of carbonyl (C=O) groups is 1. The maximum Gasteiger partial charge on any atom is 0.276 e. The molecule has 0 radical (unpaired) electrons. The molecule has 1 aliphatic carbocycles. The lowest BCUT2D eigenvalue weighted by Gasteiger charge is -2.23. The molecule has 1 aliphatic rings. The van der Waals surface area contributed by atoms with E-state index < -0.39 is 5.54 Å². The monoisotopic (exact) mass is 314 g/mol. The molecule has 1 saturated carbocycles. The number of likely N-dealkylation sites (N-methyl/N-ethyl adjacent to an activating group) is 1. The van der Waals surface area contributed by atoms with Gasteiger partial charge in [-0.05, 0) is 37.2 Å². The molecular weight excluding hydrogens is 286 g/mol. The third-order valence-corrected chi connectivity index (χ3v) is 4.64. The van der Waals surface area contributed by atoms with Gasteiger partial charge in [-0.15, -0.1) is 0 Å². The first-order chi connectivity index (χ1) is 10.8. The molecule has 0 bridgehead atoms. The number of nitrogens with one attached hydrogen (secondary N) is 2. The molecule has 124 valence electrons. The Bertz CT molecular complexity index is 584. The van der Waals surface area contributed by atoms with Crippen LogP contribution >= 0.6 is 0 Å². The second kappa shape index (κ2) is 7.14. The number of hydrogen-bond donors (Lipinski definition) is 2. The highest BCUT2D eigenvalue weighted by Gasteiger charge is 2.43. The summed E-state index contributed by atoms with van der Waals surface area (Å²) in [6.45, 7) is 7.39. The van der Waals surface area contributed by atoms with Gasteiger partial charge in [-0.2, -0.15) is 5.26 Å². The van der Waals surface area contributed by atoms with Crippen molar-refractivity contribution in [2.24, 2.45) is 5.92 Å². The van der Waals surface area contributed by atoms with E-state index in [1.807, 2.05) is 14.0 Å². The van der Waals surface area contributed by atoms with E-state index in [2.05, 4.69) is 49.5 Å². The molecule has 1 aromatic rings. The summed E-state index contributed by atoms with van der Waals surface area (Å²) in [5.41, 5.74) is 1.86. The van der Waals surface area contributed by atoms with Crippen LogP contribution in [0.3, 0.4) is 0 Å². The van der Waals surface area contributed by atoms with Crippen molar-refractivity contribution >= 4 is 5.91 Å². The second-order valence-corrected chi connectivity index (χ2v) is 7.34. The summed E-state index contributed by atoms with van der Waals surface area (Å²) in [6, 6.07) is 10.9. The first kappa shape index (κ1) is 17.5. The Morgan fingerprint density at radius 1 is 1.39 bits per heavy atom. The number of hydrogen-bond acceptors (Lipinski definition) is 2. The smallest absolute Gasteiger partial charge is 0.276 e. The topological polar surface area (TPSA) is 57.3 Å². The fraction of sp³-hybridized carbons (Fsp3) is 0.579. The molecule has 4 heteroatoms. The third kappa shape index (κ3) is 4.80. The van der Waals surface area contributed by atoms with Crippen molar-refractivity contribution in [3.63, 3.8) is 0 Å². The summed E-state index contributed by atoms with van der Waals surface area (Å²) >= 11 is 0. The van der Waals surface area contributed by atoms with Crippen LogP contribution in [-0.2, 0) is 11.3 Å².